The number of carbonyl (C=O) groups is 5. The Hall–Kier alpha value is -4.14. The van der Waals surface area contributed by atoms with Crippen LogP contribution in [-0.4, -0.2) is 96.3 Å². The monoisotopic (exact) mass is 767 g/mol. The Balaban J connectivity index is 1.12. The predicted molar refractivity (Wildman–Crippen MR) is 197 cm³/mol. The molecule has 54 heavy (non-hydrogen) atoms. The first-order valence-corrected chi connectivity index (χ1v) is 21.4. The van der Waals surface area contributed by atoms with Crippen LogP contribution in [0.1, 0.15) is 107 Å². The maximum absolute atomic E-state index is 14.4. The van der Waals surface area contributed by atoms with Crippen LogP contribution in [0.4, 0.5) is 9.59 Å². The van der Waals surface area contributed by atoms with E-state index in [1.54, 1.807) is 4.90 Å². The molecule has 6 aliphatic rings. The van der Waals surface area contributed by atoms with Gasteiger partial charge in [-0.3, -0.25) is 19.1 Å². The molecule has 3 N–H and O–H groups in total. The van der Waals surface area contributed by atoms with Crippen molar-refractivity contribution in [3.8, 4) is 0 Å². The third-order valence-corrected chi connectivity index (χ3v) is 14.0. The molecule has 0 aromatic heterocycles. The van der Waals surface area contributed by atoms with Gasteiger partial charge in [-0.25, -0.2) is 18.0 Å². The van der Waals surface area contributed by atoms with E-state index < -0.39 is 74.8 Å². The Kier molecular flexibility index (Phi) is 11.5. The second kappa shape index (κ2) is 16.3. The highest BCUT2D eigenvalue weighted by Gasteiger charge is 2.62. The number of hydrogen-bond donors (Lipinski definition) is 3. The van der Waals surface area contributed by atoms with E-state index in [1.807, 2.05) is 36.4 Å². The van der Waals surface area contributed by atoms with E-state index in [1.165, 1.54) is 10.5 Å². The molecule has 14 nitrogen and oxygen atoms in total. The molecule has 1 aromatic rings. The van der Waals surface area contributed by atoms with Crippen LogP contribution in [-0.2, 0) is 46.8 Å². The molecule has 0 spiro atoms. The van der Waals surface area contributed by atoms with Gasteiger partial charge in [0.15, 0.2) is 0 Å². The highest BCUT2D eigenvalue weighted by molar-refractivity contribution is 7.90. The first-order valence-electron chi connectivity index (χ1n) is 19.9. The van der Waals surface area contributed by atoms with Gasteiger partial charge in [0.25, 0.3) is 5.91 Å². The van der Waals surface area contributed by atoms with E-state index in [0.29, 0.717) is 51.6 Å². The van der Waals surface area contributed by atoms with E-state index >= 15 is 0 Å². The van der Waals surface area contributed by atoms with Crippen LogP contribution in [0.5, 0.6) is 0 Å². The summed E-state index contributed by atoms with van der Waals surface area (Å²) < 4.78 is 40.3. The van der Waals surface area contributed by atoms with Crippen LogP contribution in [0.3, 0.4) is 0 Å². The number of hydrogen-bond acceptors (Lipinski definition) is 9. The van der Waals surface area contributed by atoms with Crippen molar-refractivity contribution in [3.05, 3.63) is 47.5 Å². The molecule has 3 heterocycles. The summed E-state index contributed by atoms with van der Waals surface area (Å²) >= 11 is 0. The fraction of sp³-hybridized carbons (Fsp3) is 0.667. The van der Waals surface area contributed by atoms with Crippen LogP contribution in [0.2, 0.25) is 0 Å². The van der Waals surface area contributed by atoms with Gasteiger partial charge in [-0.05, 0) is 81.8 Å². The number of alkyl carbamates (subject to hydrolysis) is 1. The first-order chi connectivity index (χ1) is 26.0. The third-order valence-electron chi connectivity index (χ3n) is 12.1. The average Bonchev–Trinajstić information content (AvgIpc) is 3.67. The minimum absolute atomic E-state index is 0.0362. The normalized spacial score (nSPS) is 30.1. The zero-order valence-corrected chi connectivity index (χ0v) is 31.7. The largest absolute Gasteiger partial charge is 0.446 e. The van der Waals surface area contributed by atoms with Gasteiger partial charge in [0.1, 0.15) is 29.8 Å². The summed E-state index contributed by atoms with van der Waals surface area (Å²) in [6.07, 6.45) is 11.5. The number of allylic oxidation sites excluding steroid dienone is 1. The van der Waals surface area contributed by atoms with Crippen molar-refractivity contribution in [2.24, 2.45) is 5.92 Å². The third kappa shape index (κ3) is 8.55. The second-order valence-corrected chi connectivity index (χ2v) is 17.9. The smallest absolute Gasteiger partial charge is 0.410 e. The van der Waals surface area contributed by atoms with Gasteiger partial charge in [-0.15, -0.1) is 0 Å². The van der Waals surface area contributed by atoms with Crippen molar-refractivity contribution in [2.75, 3.05) is 13.1 Å². The Morgan fingerprint density at radius 1 is 0.870 bits per heavy atom. The van der Waals surface area contributed by atoms with Crippen LogP contribution in [0.25, 0.3) is 0 Å². The highest BCUT2D eigenvalue weighted by atomic mass is 32.2. The van der Waals surface area contributed by atoms with Crippen molar-refractivity contribution < 1.29 is 41.9 Å². The number of fused-ring (bicyclic) bond motifs is 3. The van der Waals surface area contributed by atoms with Crippen molar-refractivity contribution in [1.82, 2.24) is 25.2 Å². The standard InChI is InChI=1S/C39H53N5O9S/c45-34-33-22-30(53-38(49)43-21-20-26-12-6-7-13-27(26)24-43)25-44(33)35(46)32(40-37(48)52-29-15-8-9-16-29)19-5-3-1-2-4-14-28-23-39(28,41-34)36(47)42-54(50,51)31-17-10-11-18-31/h4,6-7,12-14,28-33H,1-3,5,8-11,15-25H2,(H,40,48)(H,41,45)(H,42,47)/b14-4-/t28-,30+,32-,33-,39+/m0/s1. The van der Waals surface area contributed by atoms with Crippen LogP contribution < -0.4 is 15.4 Å². The molecule has 5 atom stereocenters. The maximum Gasteiger partial charge on any atom is 0.410 e. The van der Waals surface area contributed by atoms with Crippen molar-refractivity contribution in [1.29, 1.82) is 0 Å². The Morgan fingerprint density at radius 3 is 2.37 bits per heavy atom. The number of amides is 5. The lowest BCUT2D eigenvalue weighted by Gasteiger charge is -2.30. The molecule has 294 valence electrons. The quantitative estimate of drug-likeness (QED) is 0.361. The Bertz CT molecular complexity index is 1740. The molecule has 5 amide bonds. The lowest BCUT2D eigenvalue weighted by atomic mass is 10.0. The van der Waals surface area contributed by atoms with E-state index in [2.05, 4.69) is 15.4 Å². The van der Waals surface area contributed by atoms with E-state index in [0.717, 1.165) is 56.9 Å². The van der Waals surface area contributed by atoms with Crippen molar-refractivity contribution in [3.63, 3.8) is 0 Å². The summed E-state index contributed by atoms with van der Waals surface area (Å²) in [6.45, 7) is 0.738. The second-order valence-electron chi connectivity index (χ2n) is 15.9. The van der Waals surface area contributed by atoms with Gasteiger partial charge < -0.3 is 29.9 Å². The number of ether oxygens (including phenoxy) is 2. The lowest BCUT2D eigenvalue weighted by molar-refractivity contribution is -0.141. The Morgan fingerprint density at radius 2 is 1.59 bits per heavy atom. The SMILES string of the molecule is O=C(N[C@H]1CCCCC/C=C\[C@H]2C[C@@]2(C(=O)NS(=O)(=O)C2CCCC2)NC(=O)[C@@H]2C[C@@H](OC(=O)N3CCc4ccccc4C3)CN2C1=O)OC1CCCC1. The molecule has 0 unspecified atom stereocenters. The summed E-state index contributed by atoms with van der Waals surface area (Å²) in [5, 5.41) is 4.99. The lowest BCUT2D eigenvalue weighted by Crippen LogP contribution is -2.58. The van der Waals surface area contributed by atoms with Crippen molar-refractivity contribution in [2.45, 2.75) is 144 Å². The number of sulfonamides is 1. The number of nitrogens with one attached hydrogen (secondary N) is 3. The maximum atomic E-state index is 14.4. The summed E-state index contributed by atoms with van der Waals surface area (Å²) in [5.74, 6) is -2.39. The molecular weight excluding hydrogens is 715 g/mol. The topological polar surface area (TPSA) is 181 Å². The summed E-state index contributed by atoms with van der Waals surface area (Å²) in [6, 6.07) is 5.75. The zero-order chi connectivity index (χ0) is 37.9. The molecule has 3 saturated carbocycles. The molecule has 3 aliphatic carbocycles. The molecule has 1 saturated heterocycles. The zero-order valence-electron chi connectivity index (χ0n) is 30.8. The number of benzene rings is 1. The molecule has 0 bridgehead atoms. The summed E-state index contributed by atoms with van der Waals surface area (Å²) in [7, 11) is -3.96. The fourth-order valence-electron chi connectivity index (χ4n) is 8.87. The van der Waals surface area contributed by atoms with E-state index in [4.69, 9.17) is 9.47 Å². The fourth-order valence-corrected chi connectivity index (χ4v) is 10.4. The predicted octanol–water partition coefficient (Wildman–Crippen LogP) is 3.97. The van der Waals surface area contributed by atoms with Gasteiger partial charge in [0.2, 0.25) is 21.8 Å². The number of nitrogens with zero attached hydrogens (tertiary/aromatic N) is 2. The molecule has 0 radical (unpaired) electrons. The van der Waals surface area contributed by atoms with Gasteiger partial charge >= 0.3 is 12.2 Å². The van der Waals surface area contributed by atoms with E-state index in [9.17, 15) is 32.4 Å². The molecule has 15 heteroatoms. The van der Waals surface area contributed by atoms with Crippen LogP contribution in [0.15, 0.2) is 36.4 Å². The van der Waals surface area contributed by atoms with Crippen molar-refractivity contribution >= 4 is 39.9 Å². The highest BCUT2D eigenvalue weighted by Crippen LogP contribution is 2.46. The van der Waals surface area contributed by atoms with Gasteiger partial charge in [0, 0.05) is 25.4 Å². The van der Waals surface area contributed by atoms with Crippen LogP contribution in [0, 0.1) is 5.92 Å². The summed E-state index contributed by atoms with van der Waals surface area (Å²) in [4.78, 5) is 72.2. The first kappa shape index (κ1) is 38.1. The Labute approximate surface area is 317 Å². The average molecular weight is 768 g/mol. The molecule has 3 aliphatic heterocycles. The molecule has 1 aromatic carbocycles. The van der Waals surface area contributed by atoms with Gasteiger partial charge in [-0.2, -0.15) is 0 Å². The minimum atomic E-state index is -3.96. The van der Waals surface area contributed by atoms with Crippen LogP contribution >= 0.6 is 0 Å². The number of carbonyl (C=O) groups excluding carboxylic acids is 5. The minimum Gasteiger partial charge on any atom is -0.446 e. The number of rotatable bonds is 6. The van der Waals surface area contributed by atoms with E-state index in [-0.39, 0.29) is 25.5 Å². The molecule has 7 rings (SSSR count). The molecular formula is C39H53N5O9S. The van der Waals surface area contributed by atoms with Gasteiger partial charge in [-0.1, -0.05) is 62.1 Å². The summed E-state index contributed by atoms with van der Waals surface area (Å²) in [5.41, 5.74) is 0.675. The van der Waals surface area contributed by atoms with Gasteiger partial charge in [0.05, 0.1) is 11.8 Å². The molecule has 4 fully saturated rings.